The second-order valence-corrected chi connectivity index (χ2v) is 5.93. The van der Waals surface area contributed by atoms with E-state index in [2.05, 4.69) is 15.2 Å². The van der Waals surface area contributed by atoms with Crippen molar-refractivity contribution in [3.8, 4) is 16.9 Å². The summed E-state index contributed by atoms with van der Waals surface area (Å²) in [6.07, 6.45) is 6.38. The van der Waals surface area contributed by atoms with Crippen LogP contribution in [0.3, 0.4) is 0 Å². The number of benzene rings is 1. The lowest BCUT2D eigenvalue weighted by Crippen LogP contribution is -2.03. The molecule has 3 heterocycles. The molecule has 0 aliphatic rings. The fraction of sp³-hybridized carbons (Fsp3) is 0.150. The molecule has 0 unspecified atom stereocenters. The number of hydrogen-bond acceptors (Lipinski definition) is 4. The number of pyridine rings is 2. The van der Waals surface area contributed by atoms with E-state index in [-0.39, 0.29) is 5.82 Å². The molecular weight excluding hydrogens is 331 g/mol. The number of hydrogen-bond donors (Lipinski definition) is 0. The first-order chi connectivity index (χ1) is 12.8. The second kappa shape index (κ2) is 6.92. The second-order valence-electron chi connectivity index (χ2n) is 5.93. The van der Waals surface area contributed by atoms with Crippen molar-refractivity contribution in [2.75, 3.05) is 7.11 Å². The maximum atomic E-state index is 14.2. The molecular formula is C20H17FN4O. The van der Waals surface area contributed by atoms with E-state index in [4.69, 9.17) is 4.74 Å². The van der Waals surface area contributed by atoms with Crippen molar-refractivity contribution in [2.24, 2.45) is 0 Å². The van der Waals surface area contributed by atoms with Gasteiger partial charge in [-0.3, -0.25) is 9.38 Å². The van der Waals surface area contributed by atoms with Gasteiger partial charge >= 0.3 is 0 Å². The monoisotopic (exact) mass is 348 g/mol. The lowest BCUT2D eigenvalue weighted by Gasteiger charge is -2.11. The van der Waals surface area contributed by atoms with E-state index >= 15 is 0 Å². The van der Waals surface area contributed by atoms with Crippen LogP contribution in [0.5, 0.6) is 5.75 Å². The Morgan fingerprint density at radius 1 is 1.08 bits per heavy atom. The normalized spacial score (nSPS) is 11.0. The highest BCUT2D eigenvalue weighted by molar-refractivity contribution is 5.76. The number of methoxy groups -OCH3 is 1. The molecule has 0 N–H and O–H groups in total. The highest BCUT2D eigenvalue weighted by Gasteiger charge is 2.13. The van der Waals surface area contributed by atoms with Crippen molar-refractivity contribution in [3.63, 3.8) is 0 Å². The van der Waals surface area contributed by atoms with Gasteiger partial charge in [0.25, 0.3) is 0 Å². The van der Waals surface area contributed by atoms with E-state index in [0.29, 0.717) is 24.2 Å². The third-order valence-corrected chi connectivity index (χ3v) is 4.44. The van der Waals surface area contributed by atoms with Crippen molar-refractivity contribution in [2.45, 2.75) is 12.8 Å². The van der Waals surface area contributed by atoms with E-state index < -0.39 is 0 Å². The van der Waals surface area contributed by atoms with Gasteiger partial charge in [0.15, 0.2) is 5.65 Å². The van der Waals surface area contributed by atoms with Gasteiger partial charge in [-0.2, -0.15) is 0 Å². The Kier molecular flexibility index (Phi) is 4.31. The zero-order valence-electron chi connectivity index (χ0n) is 14.3. The lowest BCUT2D eigenvalue weighted by molar-refractivity contribution is 0.404. The number of aromatic nitrogens is 4. The zero-order chi connectivity index (χ0) is 17.9. The topological polar surface area (TPSA) is 52.3 Å². The first-order valence-corrected chi connectivity index (χ1v) is 8.31. The number of nitrogens with zero attached hydrogens (tertiary/aromatic N) is 4. The van der Waals surface area contributed by atoms with E-state index in [1.165, 1.54) is 6.07 Å². The van der Waals surface area contributed by atoms with Gasteiger partial charge in [0, 0.05) is 34.8 Å². The van der Waals surface area contributed by atoms with E-state index in [9.17, 15) is 4.39 Å². The van der Waals surface area contributed by atoms with Crippen molar-refractivity contribution in [1.29, 1.82) is 0 Å². The van der Waals surface area contributed by atoms with Crippen LogP contribution in [0.2, 0.25) is 0 Å². The summed E-state index contributed by atoms with van der Waals surface area (Å²) >= 11 is 0. The van der Waals surface area contributed by atoms with Gasteiger partial charge in [-0.05, 0) is 43.2 Å². The molecule has 0 atom stereocenters. The molecule has 5 nitrogen and oxygen atoms in total. The number of fused-ring (bicyclic) bond motifs is 1. The first-order valence-electron chi connectivity index (χ1n) is 8.31. The fourth-order valence-electron chi connectivity index (χ4n) is 3.14. The van der Waals surface area contributed by atoms with Crippen LogP contribution >= 0.6 is 0 Å². The van der Waals surface area contributed by atoms with Crippen molar-refractivity contribution in [1.82, 2.24) is 19.6 Å². The number of ether oxygens (including phenoxy) is 1. The molecule has 4 rings (SSSR count). The van der Waals surface area contributed by atoms with Crippen LogP contribution < -0.4 is 4.74 Å². The predicted molar refractivity (Wildman–Crippen MR) is 96.6 cm³/mol. The molecule has 26 heavy (non-hydrogen) atoms. The molecule has 0 radical (unpaired) electrons. The largest absolute Gasteiger partial charge is 0.496 e. The molecule has 0 aliphatic carbocycles. The zero-order valence-corrected chi connectivity index (χ0v) is 14.3. The van der Waals surface area contributed by atoms with E-state index in [1.807, 2.05) is 28.7 Å². The quantitative estimate of drug-likeness (QED) is 0.551. The van der Waals surface area contributed by atoms with Crippen LogP contribution in [-0.2, 0) is 12.8 Å². The maximum absolute atomic E-state index is 14.2. The number of aryl methyl sites for hydroxylation is 1. The minimum atomic E-state index is -0.253. The summed E-state index contributed by atoms with van der Waals surface area (Å²) < 4.78 is 21.4. The predicted octanol–water partition coefficient (Wildman–Crippen LogP) is 3.72. The number of halogens is 1. The van der Waals surface area contributed by atoms with Gasteiger partial charge < -0.3 is 4.74 Å². The van der Waals surface area contributed by atoms with Gasteiger partial charge in [0.05, 0.1) is 7.11 Å². The lowest BCUT2D eigenvalue weighted by atomic mass is 10.0. The highest BCUT2D eigenvalue weighted by Crippen LogP contribution is 2.26. The summed E-state index contributed by atoms with van der Waals surface area (Å²) in [6, 6.07) is 12.8. The molecule has 130 valence electrons. The minimum Gasteiger partial charge on any atom is -0.496 e. The minimum absolute atomic E-state index is 0.253. The van der Waals surface area contributed by atoms with Crippen LogP contribution in [0.15, 0.2) is 61.2 Å². The Bertz CT molecular complexity index is 1050. The molecule has 4 aromatic rings. The van der Waals surface area contributed by atoms with Crippen molar-refractivity contribution in [3.05, 3.63) is 78.3 Å². The fourth-order valence-corrected chi connectivity index (χ4v) is 3.14. The molecule has 0 fully saturated rings. The third-order valence-electron chi connectivity index (χ3n) is 4.44. The van der Waals surface area contributed by atoms with Gasteiger partial charge in [-0.1, -0.05) is 12.1 Å². The number of rotatable bonds is 5. The average Bonchev–Trinajstić information content (AvgIpc) is 3.17. The van der Waals surface area contributed by atoms with Crippen LogP contribution in [0, 0.1) is 5.82 Å². The molecule has 0 bridgehead atoms. The first kappa shape index (κ1) is 16.2. The molecule has 0 saturated heterocycles. The summed E-state index contributed by atoms with van der Waals surface area (Å²) in [4.78, 5) is 4.17. The van der Waals surface area contributed by atoms with Crippen LogP contribution in [0.4, 0.5) is 4.39 Å². The van der Waals surface area contributed by atoms with Crippen molar-refractivity contribution < 1.29 is 9.13 Å². The van der Waals surface area contributed by atoms with Gasteiger partial charge in [0.1, 0.15) is 17.9 Å². The summed E-state index contributed by atoms with van der Waals surface area (Å²) in [5.74, 6) is 0.313. The maximum Gasteiger partial charge on any atom is 0.168 e. The smallest absolute Gasteiger partial charge is 0.168 e. The molecule has 1 aromatic carbocycles. The van der Waals surface area contributed by atoms with Crippen LogP contribution in [0.1, 0.15) is 11.3 Å². The standard InChI is InChI=1S/C20H17FN4O/c1-26-19-6-2-5-18(21)17(19)10-8-15-7-9-16(14-4-3-11-22-12-14)20-24-23-13-25(15)20/h2-7,9,11-13H,8,10H2,1H3. The SMILES string of the molecule is COc1cccc(F)c1CCc1ccc(-c2cccnc2)c2nncn12. The van der Waals surface area contributed by atoms with Crippen LogP contribution in [-0.4, -0.2) is 26.7 Å². The summed E-state index contributed by atoms with van der Waals surface area (Å²) in [7, 11) is 1.55. The van der Waals surface area contributed by atoms with Gasteiger partial charge in [0.2, 0.25) is 0 Å². The summed E-state index contributed by atoms with van der Waals surface area (Å²) in [5, 5.41) is 8.30. The Morgan fingerprint density at radius 2 is 2.00 bits per heavy atom. The van der Waals surface area contributed by atoms with E-state index in [1.54, 1.807) is 38.0 Å². The Hall–Kier alpha value is -3.28. The molecule has 0 aliphatic heterocycles. The highest BCUT2D eigenvalue weighted by atomic mass is 19.1. The molecule has 0 amide bonds. The van der Waals surface area contributed by atoms with Crippen LogP contribution in [0.25, 0.3) is 16.8 Å². The van der Waals surface area contributed by atoms with Crippen molar-refractivity contribution >= 4 is 5.65 Å². The van der Waals surface area contributed by atoms with E-state index in [0.717, 1.165) is 22.5 Å². The Balaban J connectivity index is 1.68. The third kappa shape index (κ3) is 2.90. The summed E-state index contributed by atoms with van der Waals surface area (Å²) in [5.41, 5.74) is 4.28. The Labute approximate surface area is 150 Å². The molecule has 0 spiro atoms. The summed E-state index contributed by atoms with van der Waals surface area (Å²) in [6.45, 7) is 0. The molecule has 3 aromatic heterocycles. The van der Waals surface area contributed by atoms with Gasteiger partial charge in [-0.25, -0.2) is 4.39 Å². The molecule has 6 heteroatoms. The Morgan fingerprint density at radius 3 is 2.81 bits per heavy atom. The average molecular weight is 348 g/mol. The molecule has 0 saturated carbocycles. The van der Waals surface area contributed by atoms with Gasteiger partial charge in [-0.15, -0.1) is 10.2 Å².